The molecule has 0 saturated heterocycles. The maximum absolute atomic E-state index is 13.0. The molecule has 0 fully saturated rings. The first-order valence-corrected chi connectivity index (χ1v) is 8.99. The van der Waals surface area contributed by atoms with Crippen molar-refractivity contribution in [1.82, 2.24) is 24.6 Å². The van der Waals surface area contributed by atoms with Crippen LogP contribution in [0, 0.1) is 6.92 Å². The predicted molar refractivity (Wildman–Crippen MR) is 105 cm³/mol. The molecule has 1 aromatic carbocycles. The molecule has 8 heteroatoms. The van der Waals surface area contributed by atoms with Gasteiger partial charge in [-0.3, -0.25) is 19.1 Å². The van der Waals surface area contributed by atoms with Crippen LogP contribution in [0.1, 0.15) is 35.0 Å². The van der Waals surface area contributed by atoms with Gasteiger partial charge in [-0.2, -0.15) is 9.78 Å². The molecular weight excluding hydrogens is 358 g/mol. The number of nitrogens with one attached hydrogen (secondary N) is 1. The van der Waals surface area contributed by atoms with Crippen molar-refractivity contribution >= 4 is 5.91 Å². The molecule has 2 aromatic heterocycles. The highest BCUT2D eigenvalue weighted by Crippen LogP contribution is 2.06. The summed E-state index contributed by atoms with van der Waals surface area (Å²) < 4.78 is 2.09. The lowest BCUT2D eigenvalue weighted by Gasteiger charge is -2.12. The zero-order valence-corrected chi connectivity index (χ0v) is 15.8. The summed E-state index contributed by atoms with van der Waals surface area (Å²) in [5.74, 6) is -0.604. The number of amides is 1. The van der Waals surface area contributed by atoms with Crippen LogP contribution >= 0.6 is 0 Å². The fourth-order valence-electron chi connectivity index (χ4n) is 2.65. The Balaban J connectivity index is 2.17. The molecule has 0 radical (unpaired) electrons. The molecule has 1 amide bonds. The van der Waals surface area contributed by atoms with Crippen LogP contribution in [0.15, 0.2) is 58.4 Å². The smallest absolute Gasteiger partial charge is 0.350 e. The number of hydrogen-bond acceptors (Lipinski definition) is 5. The van der Waals surface area contributed by atoms with Crippen LogP contribution in [-0.2, 0) is 6.54 Å². The van der Waals surface area contributed by atoms with Crippen molar-refractivity contribution < 1.29 is 4.79 Å². The van der Waals surface area contributed by atoms with Crippen molar-refractivity contribution in [3.8, 4) is 5.69 Å². The van der Waals surface area contributed by atoms with E-state index in [0.29, 0.717) is 24.2 Å². The molecule has 144 valence electrons. The van der Waals surface area contributed by atoms with E-state index in [1.165, 1.54) is 0 Å². The van der Waals surface area contributed by atoms with E-state index in [-0.39, 0.29) is 12.2 Å². The summed E-state index contributed by atoms with van der Waals surface area (Å²) in [6.07, 6.45) is 3.89. The third kappa shape index (κ3) is 4.06. The average molecular weight is 379 g/mol. The minimum atomic E-state index is -0.731. The summed E-state index contributed by atoms with van der Waals surface area (Å²) in [6.45, 7) is 4.23. The molecule has 0 spiro atoms. The van der Waals surface area contributed by atoms with Crippen LogP contribution in [0.3, 0.4) is 0 Å². The molecule has 1 N–H and O–H groups in total. The molecular formula is C20H21N5O3. The van der Waals surface area contributed by atoms with E-state index in [2.05, 4.69) is 15.4 Å². The summed E-state index contributed by atoms with van der Waals surface area (Å²) in [6, 6.07) is 10.6. The van der Waals surface area contributed by atoms with Crippen molar-refractivity contribution in [1.29, 1.82) is 0 Å². The number of aromatic nitrogens is 4. The van der Waals surface area contributed by atoms with Crippen molar-refractivity contribution in [3.63, 3.8) is 0 Å². The topological polar surface area (TPSA) is 98.9 Å². The van der Waals surface area contributed by atoms with E-state index in [4.69, 9.17) is 0 Å². The van der Waals surface area contributed by atoms with Gasteiger partial charge in [-0.15, -0.1) is 0 Å². The van der Waals surface area contributed by atoms with Crippen LogP contribution in [0.2, 0.25) is 0 Å². The van der Waals surface area contributed by atoms with Crippen LogP contribution in [-0.4, -0.2) is 31.8 Å². The van der Waals surface area contributed by atoms with Crippen LogP contribution in [0.4, 0.5) is 0 Å². The maximum atomic E-state index is 13.0. The maximum Gasteiger partial charge on any atom is 0.352 e. The van der Waals surface area contributed by atoms with Gasteiger partial charge in [-0.25, -0.2) is 4.79 Å². The normalized spacial score (nSPS) is 10.6. The number of nitrogens with zero attached hydrogens (tertiary/aromatic N) is 4. The number of rotatable bonds is 6. The SMILES string of the molecule is CCCNC(=O)c1nn(-c2ccc(C)cc2)c(=O)n(Cc2cccnc2)c1=O. The summed E-state index contributed by atoms with van der Waals surface area (Å²) in [5, 5.41) is 6.72. The fraction of sp³-hybridized carbons (Fsp3) is 0.250. The molecule has 28 heavy (non-hydrogen) atoms. The number of carbonyl (C=O) groups excluding carboxylic acids is 1. The predicted octanol–water partition coefficient (Wildman–Crippen LogP) is 1.29. The molecule has 0 aliphatic heterocycles. The molecule has 8 nitrogen and oxygen atoms in total. The van der Waals surface area contributed by atoms with Gasteiger partial charge in [0.25, 0.3) is 11.5 Å². The molecule has 0 aliphatic rings. The van der Waals surface area contributed by atoms with E-state index >= 15 is 0 Å². The Kier molecular flexibility index (Phi) is 5.78. The van der Waals surface area contributed by atoms with Crippen LogP contribution < -0.4 is 16.6 Å². The van der Waals surface area contributed by atoms with E-state index in [0.717, 1.165) is 14.8 Å². The minimum absolute atomic E-state index is 0.00601. The minimum Gasteiger partial charge on any atom is -0.350 e. The van der Waals surface area contributed by atoms with Gasteiger partial charge in [0.1, 0.15) is 0 Å². The second kappa shape index (κ2) is 8.43. The van der Waals surface area contributed by atoms with Gasteiger partial charge in [0.2, 0.25) is 5.69 Å². The van der Waals surface area contributed by atoms with Crippen LogP contribution in [0.25, 0.3) is 5.69 Å². The molecule has 0 atom stereocenters. The summed E-state index contributed by atoms with van der Waals surface area (Å²) in [7, 11) is 0. The number of pyridine rings is 1. The Hall–Kier alpha value is -3.55. The van der Waals surface area contributed by atoms with Crippen LogP contribution in [0.5, 0.6) is 0 Å². The Bertz CT molecular complexity index is 1090. The second-order valence-electron chi connectivity index (χ2n) is 6.39. The Morgan fingerprint density at radius 1 is 1.14 bits per heavy atom. The van der Waals surface area contributed by atoms with Gasteiger partial charge in [0.05, 0.1) is 12.2 Å². The highest BCUT2D eigenvalue weighted by molar-refractivity contribution is 5.91. The van der Waals surface area contributed by atoms with Crippen molar-refractivity contribution in [2.75, 3.05) is 6.54 Å². The number of carbonyl (C=O) groups is 1. The lowest BCUT2D eigenvalue weighted by molar-refractivity contribution is 0.0944. The number of hydrogen-bond donors (Lipinski definition) is 1. The summed E-state index contributed by atoms with van der Waals surface area (Å²) >= 11 is 0. The molecule has 0 aliphatic carbocycles. The van der Waals surface area contributed by atoms with Gasteiger partial charge < -0.3 is 5.32 Å². The van der Waals surface area contributed by atoms with Crippen molar-refractivity contribution in [2.24, 2.45) is 0 Å². The summed E-state index contributed by atoms with van der Waals surface area (Å²) in [4.78, 5) is 42.3. The van der Waals surface area contributed by atoms with Crippen molar-refractivity contribution in [3.05, 3.63) is 86.5 Å². The first-order valence-electron chi connectivity index (χ1n) is 8.99. The first-order chi connectivity index (χ1) is 13.5. The van der Waals surface area contributed by atoms with Gasteiger partial charge in [-0.1, -0.05) is 30.7 Å². The lowest BCUT2D eigenvalue weighted by Crippen LogP contribution is -2.46. The van der Waals surface area contributed by atoms with E-state index in [1.54, 1.807) is 36.7 Å². The van der Waals surface area contributed by atoms with E-state index in [9.17, 15) is 14.4 Å². The zero-order chi connectivity index (χ0) is 20.1. The fourth-order valence-corrected chi connectivity index (χ4v) is 2.65. The third-order valence-corrected chi connectivity index (χ3v) is 4.15. The Morgan fingerprint density at radius 2 is 1.89 bits per heavy atom. The largest absolute Gasteiger partial charge is 0.352 e. The van der Waals surface area contributed by atoms with Crippen molar-refractivity contribution in [2.45, 2.75) is 26.8 Å². The zero-order valence-electron chi connectivity index (χ0n) is 15.8. The quantitative estimate of drug-likeness (QED) is 0.696. The molecule has 3 aromatic rings. The van der Waals surface area contributed by atoms with E-state index < -0.39 is 17.2 Å². The highest BCUT2D eigenvalue weighted by Gasteiger charge is 2.20. The van der Waals surface area contributed by atoms with Gasteiger partial charge in [0.15, 0.2) is 0 Å². The highest BCUT2D eigenvalue weighted by atomic mass is 16.2. The molecule has 0 saturated carbocycles. The monoisotopic (exact) mass is 379 g/mol. The lowest BCUT2D eigenvalue weighted by atomic mass is 10.2. The Labute approximate surface area is 161 Å². The summed E-state index contributed by atoms with van der Waals surface area (Å²) in [5.41, 5.74) is 0.484. The second-order valence-corrected chi connectivity index (χ2v) is 6.39. The first kappa shape index (κ1) is 19.2. The molecule has 2 heterocycles. The van der Waals surface area contributed by atoms with E-state index in [1.807, 2.05) is 26.0 Å². The standard InChI is InChI=1S/C20H21N5O3/c1-3-10-22-18(26)17-19(27)24(13-15-5-4-11-21-12-15)20(28)25(23-17)16-8-6-14(2)7-9-16/h4-9,11-12H,3,10,13H2,1-2H3,(H,22,26). The molecule has 0 unspecified atom stereocenters. The van der Waals surface area contributed by atoms with Gasteiger partial charge in [-0.05, 0) is 37.1 Å². The molecule has 3 rings (SSSR count). The van der Waals surface area contributed by atoms with Gasteiger partial charge >= 0.3 is 5.69 Å². The average Bonchev–Trinajstić information content (AvgIpc) is 2.71. The molecule has 0 bridgehead atoms. The Morgan fingerprint density at radius 3 is 2.54 bits per heavy atom. The number of aryl methyl sites for hydroxylation is 1. The number of benzene rings is 1. The van der Waals surface area contributed by atoms with Gasteiger partial charge in [0, 0.05) is 18.9 Å². The third-order valence-electron chi connectivity index (χ3n) is 4.15.